The van der Waals surface area contributed by atoms with Crippen molar-refractivity contribution in [2.45, 2.75) is 52.1 Å². The Morgan fingerprint density at radius 2 is 1.81 bits per heavy atom. The van der Waals surface area contributed by atoms with Gasteiger partial charge >= 0.3 is 5.97 Å². The molecule has 0 aromatic carbocycles. The lowest BCUT2D eigenvalue weighted by molar-refractivity contribution is -0.137. The Bertz CT molecular complexity index is 363. The van der Waals surface area contributed by atoms with Gasteiger partial charge in [0.15, 0.2) is 0 Å². The first-order chi connectivity index (χ1) is 9.75. The van der Waals surface area contributed by atoms with E-state index in [1.54, 1.807) is 0 Å². The van der Waals surface area contributed by atoms with E-state index in [-0.39, 0.29) is 23.9 Å². The quantitative estimate of drug-likeness (QED) is 0.726. The first-order valence-electron chi connectivity index (χ1n) is 7.75. The Hall–Kier alpha value is -1.14. The molecule has 122 valence electrons. The minimum Gasteiger partial charge on any atom is -0.481 e. The van der Waals surface area contributed by atoms with Crippen molar-refractivity contribution in [2.24, 2.45) is 0 Å². The zero-order valence-electron chi connectivity index (χ0n) is 13.7. The minimum absolute atomic E-state index is 0.0702. The van der Waals surface area contributed by atoms with Crippen molar-refractivity contribution in [3.8, 4) is 0 Å². The fourth-order valence-electron chi connectivity index (χ4n) is 2.32. The summed E-state index contributed by atoms with van der Waals surface area (Å²) in [4.78, 5) is 27.2. The standard InChI is InChI=1S/C15H29N3O3/c1-5-15(3,4)16-14(21)12(2)18-10-8-17(9-11-18)7-6-13(19)20/h12H,5-11H2,1-4H3,(H,16,21)(H,19,20). The molecule has 1 unspecified atom stereocenters. The topological polar surface area (TPSA) is 72.9 Å². The summed E-state index contributed by atoms with van der Waals surface area (Å²) >= 11 is 0. The van der Waals surface area contributed by atoms with Gasteiger partial charge in [0.25, 0.3) is 0 Å². The molecular formula is C15H29N3O3. The van der Waals surface area contributed by atoms with Crippen LogP contribution in [0.15, 0.2) is 0 Å². The van der Waals surface area contributed by atoms with Crippen LogP contribution < -0.4 is 5.32 Å². The second kappa shape index (κ2) is 7.75. The van der Waals surface area contributed by atoms with Crippen molar-refractivity contribution in [1.29, 1.82) is 0 Å². The van der Waals surface area contributed by atoms with Gasteiger partial charge in [0.05, 0.1) is 12.5 Å². The molecule has 1 heterocycles. The molecule has 1 amide bonds. The molecule has 6 nitrogen and oxygen atoms in total. The maximum absolute atomic E-state index is 12.3. The predicted octanol–water partition coefficient (Wildman–Crippen LogP) is 0.772. The van der Waals surface area contributed by atoms with Crippen LogP contribution in [0.3, 0.4) is 0 Å². The largest absolute Gasteiger partial charge is 0.481 e. The first-order valence-corrected chi connectivity index (χ1v) is 7.75. The highest BCUT2D eigenvalue weighted by atomic mass is 16.4. The number of amides is 1. The summed E-state index contributed by atoms with van der Waals surface area (Å²) in [6.07, 6.45) is 1.08. The monoisotopic (exact) mass is 299 g/mol. The molecular weight excluding hydrogens is 270 g/mol. The third-order valence-electron chi connectivity index (χ3n) is 4.32. The molecule has 1 rings (SSSR count). The van der Waals surface area contributed by atoms with Crippen molar-refractivity contribution < 1.29 is 14.7 Å². The van der Waals surface area contributed by atoms with Crippen LogP contribution in [-0.4, -0.2) is 71.1 Å². The highest BCUT2D eigenvalue weighted by Crippen LogP contribution is 2.11. The van der Waals surface area contributed by atoms with Crippen LogP contribution in [0.4, 0.5) is 0 Å². The Morgan fingerprint density at radius 3 is 2.29 bits per heavy atom. The number of carboxylic acids is 1. The van der Waals surface area contributed by atoms with E-state index in [0.717, 1.165) is 32.6 Å². The van der Waals surface area contributed by atoms with E-state index in [4.69, 9.17) is 5.11 Å². The van der Waals surface area contributed by atoms with Crippen LogP contribution in [0.25, 0.3) is 0 Å². The lowest BCUT2D eigenvalue weighted by Crippen LogP contribution is -2.56. The molecule has 0 spiro atoms. The molecule has 1 saturated heterocycles. The third kappa shape index (κ3) is 6.01. The van der Waals surface area contributed by atoms with E-state index in [1.165, 1.54) is 0 Å². The van der Waals surface area contributed by atoms with Gasteiger partial charge in [-0.05, 0) is 27.2 Å². The van der Waals surface area contributed by atoms with Crippen LogP contribution in [-0.2, 0) is 9.59 Å². The predicted molar refractivity (Wildman–Crippen MR) is 82.2 cm³/mol. The second-order valence-electron chi connectivity index (χ2n) is 6.42. The fraction of sp³-hybridized carbons (Fsp3) is 0.867. The van der Waals surface area contributed by atoms with Crippen molar-refractivity contribution >= 4 is 11.9 Å². The first kappa shape index (κ1) is 17.9. The summed E-state index contributed by atoms with van der Waals surface area (Å²) in [5.41, 5.74) is -0.172. The third-order valence-corrected chi connectivity index (χ3v) is 4.32. The highest BCUT2D eigenvalue weighted by molar-refractivity contribution is 5.82. The summed E-state index contributed by atoms with van der Waals surface area (Å²) in [5, 5.41) is 11.8. The Balaban J connectivity index is 2.39. The number of carboxylic acid groups (broad SMARTS) is 1. The van der Waals surface area contributed by atoms with E-state index < -0.39 is 5.97 Å². The molecule has 0 saturated carbocycles. The average molecular weight is 299 g/mol. The number of nitrogens with one attached hydrogen (secondary N) is 1. The molecule has 1 atom stereocenters. The van der Waals surface area contributed by atoms with E-state index in [1.807, 2.05) is 20.8 Å². The molecule has 0 radical (unpaired) electrons. The number of hydrogen-bond acceptors (Lipinski definition) is 4. The fourth-order valence-corrected chi connectivity index (χ4v) is 2.32. The summed E-state index contributed by atoms with van der Waals surface area (Å²) < 4.78 is 0. The van der Waals surface area contributed by atoms with Crippen LogP contribution >= 0.6 is 0 Å². The molecule has 1 fully saturated rings. The number of aliphatic carboxylic acids is 1. The lowest BCUT2D eigenvalue weighted by Gasteiger charge is -2.38. The van der Waals surface area contributed by atoms with E-state index >= 15 is 0 Å². The van der Waals surface area contributed by atoms with Gasteiger partial charge in [0, 0.05) is 38.3 Å². The summed E-state index contributed by atoms with van der Waals surface area (Å²) in [6.45, 7) is 11.9. The minimum atomic E-state index is -0.757. The van der Waals surface area contributed by atoms with E-state index in [9.17, 15) is 9.59 Å². The smallest absolute Gasteiger partial charge is 0.304 e. The van der Waals surface area contributed by atoms with Gasteiger partial charge in [-0.15, -0.1) is 0 Å². The lowest BCUT2D eigenvalue weighted by atomic mass is 10.0. The van der Waals surface area contributed by atoms with Gasteiger partial charge in [-0.1, -0.05) is 6.92 Å². The number of rotatable bonds is 7. The van der Waals surface area contributed by atoms with Gasteiger partial charge in [-0.2, -0.15) is 0 Å². The van der Waals surface area contributed by atoms with Gasteiger partial charge in [-0.3, -0.25) is 14.5 Å². The molecule has 6 heteroatoms. The highest BCUT2D eigenvalue weighted by Gasteiger charge is 2.28. The van der Waals surface area contributed by atoms with Crippen molar-refractivity contribution in [3.63, 3.8) is 0 Å². The van der Waals surface area contributed by atoms with Crippen molar-refractivity contribution in [3.05, 3.63) is 0 Å². The van der Waals surface area contributed by atoms with Crippen LogP contribution in [0, 0.1) is 0 Å². The molecule has 2 N–H and O–H groups in total. The average Bonchev–Trinajstić information content (AvgIpc) is 2.44. The normalized spacial score (nSPS) is 19.2. The summed E-state index contributed by atoms with van der Waals surface area (Å²) in [5.74, 6) is -0.687. The molecule has 0 aromatic heterocycles. The number of carbonyl (C=O) groups is 2. The second-order valence-corrected chi connectivity index (χ2v) is 6.42. The zero-order valence-corrected chi connectivity index (χ0v) is 13.7. The Morgan fingerprint density at radius 1 is 1.24 bits per heavy atom. The molecule has 1 aliphatic rings. The SMILES string of the molecule is CCC(C)(C)NC(=O)C(C)N1CCN(CCC(=O)O)CC1. The van der Waals surface area contributed by atoms with Gasteiger partial charge in [0.2, 0.25) is 5.91 Å². The summed E-state index contributed by atoms with van der Waals surface area (Å²) in [6, 6.07) is -0.141. The zero-order chi connectivity index (χ0) is 16.0. The number of piperazine rings is 1. The number of nitrogens with zero attached hydrogens (tertiary/aromatic N) is 2. The molecule has 0 bridgehead atoms. The van der Waals surface area contributed by atoms with E-state index in [2.05, 4.69) is 22.0 Å². The van der Waals surface area contributed by atoms with Crippen LogP contribution in [0.2, 0.25) is 0 Å². The molecule has 0 aromatic rings. The maximum atomic E-state index is 12.3. The molecule has 21 heavy (non-hydrogen) atoms. The maximum Gasteiger partial charge on any atom is 0.304 e. The Labute approximate surface area is 127 Å². The number of hydrogen-bond donors (Lipinski definition) is 2. The van der Waals surface area contributed by atoms with Crippen LogP contribution in [0.5, 0.6) is 0 Å². The molecule has 1 aliphatic heterocycles. The Kier molecular flexibility index (Phi) is 6.61. The van der Waals surface area contributed by atoms with Gasteiger partial charge in [-0.25, -0.2) is 0 Å². The number of carbonyl (C=O) groups excluding carboxylic acids is 1. The van der Waals surface area contributed by atoms with E-state index in [0.29, 0.717) is 6.54 Å². The van der Waals surface area contributed by atoms with Gasteiger partial charge in [0.1, 0.15) is 0 Å². The van der Waals surface area contributed by atoms with Crippen molar-refractivity contribution in [2.75, 3.05) is 32.7 Å². The molecule has 0 aliphatic carbocycles. The van der Waals surface area contributed by atoms with Crippen LogP contribution in [0.1, 0.15) is 40.5 Å². The van der Waals surface area contributed by atoms with Crippen molar-refractivity contribution in [1.82, 2.24) is 15.1 Å². The van der Waals surface area contributed by atoms with Gasteiger partial charge < -0.3 is 15.3 Å². The summed E-state index contributed by atoms with van der Waals surface area (Å²) in [7, 11) is 0.